The number of rotatable bonds is 6. The molecule has 2 aliphatic rings. The van der Waals surface area contributed by atoms with Gasteiger partial charge in [0.1, 0.15) is 23.7 Å². The van der Waals surface area contributed by atoms with Crippen molar-refractivity contribution in [1.29, 1.82) is 0 Å². The lowest BCUT2D eigenvalue weighted by Crippen LogP contribution is -2.70. The third-order valence-electron chi connectivity index (χ3n) is 4.02. The van der Waals surface area contributed by atoms with E-state index in [9.17, 15) is 28.7 Å². The first-order valence-electron chi connectivity index (χ1n) is 7.82. The fourth-order valence-electron chi connectivity index (χ4n) is 2.77. The molecule has 0 aliphatic carbocycles. The molecule has 1 fully saturated rings. The number of nitrogens with zero attached hydrogens (tertiary/aromatic N) is 1. The molecular weight excluding hydrogens is 399 g/mol. The normalized spacial score (nSPS) is 22.6. The molecule has 3 rings (SSSR count). The number of hydrogen-bond donors (Lipinski definition) is 2. The predicted molar refractivity (Wildman–Crippen MR) is 94.5 cm³/mol. The van der Waals surface area contributed by atoms with Gasteiger partial charge in [-0.2, -0.15) is 0 Å². The molecule has 2 N–H and O–H groups in total. The summed E-state index contributed by atoms with van der Waals surface area (Å²) in [5, 5.41) is 12.8. The number of thioether (sulfide) groups is 1. The summed E-state index contributed by atoms with van der Waals surface area (Å²) in [6, 6.07) is 2.08. The smallest absolute Gasteiger partial charge is 0.352 e. The van der Waals surface area contributed by atoms with E-state index < -0.39 is 41.3 Å². The van der Waals surface area contributed by atoms with Crippen LogP contribution in [0.3, 0.4) is 0 Å². The van der Waals surface area contributed by atoms with Crippen LogP contribution in [-0.2, 0) is 23.9 Å². The highest BCUT2D eigenvalue weighted by molar-refractivity contribution is 8.00. The van der Waals surface area contributed by atoms with Crippen LogP contribution < -0.4 is 5.32 Å². The molecule has 2 amide bonds. The molecular formula is C16H15FN2O6S2. The molecule has 0 aromatic carbocycles. The van der Waals surface area contributed by atoms with E-state index in [0.717, 1.165) is 16.2 Å². The molecule has 0 radical (unpaired) electrons. The second-order valence-electron chi connectivity index (χ2n) is 5.81. The van der Waals surface area contributed by atoms with Crippen molar-refractivity contribution < 1.29 is 33.4 Å². The zero-order chi connectivity index (χ0) is 19.7. The third kappa shape index (κ3) is 3.69. The molecule has 2 aliphatic heterocycles. The average Bonchev–Trinajstić information content (AvgIpc) is 3.16. The Balaban J connectivity index is 1.72. The van der Waals surface area contributed by atoms with Gasteiger partial charge in [-0.05, 0) is 11.4 Å². The van der Waals surface area contributed by atoms with Gasteiger partial charge in [0.15, 0.2) is 0 Å². The fraction of sp³-hybridized carbons (Fsp3) is 0.375. The lowest BCUT2D eigenvalue weighted by molar-refractivity contribution is -0.151. The molecule has 3 heterocycles. The average molecular weight is 414 g/mol. The Morgan fingerprint density at radius 2 is 2.22 bits per heavy atom. The van der Waals surface area contributed by atoms with Gasteiger partial charge >= 0.3 is 11.9 Å². The second-order valence-corrected chi connectivity index (χ2v) is 7.90. The van der Waals surface area contributed by atoms with Crippen molar-refractivity contribution in [2.24, 2.45) is 0 Å². The Hall–Kier alpha value is -2.40. The lowest BCUT2D eigenvalue weighted by Gasteiger charge is -2.49. The number of carboxylic acid groups (broad SMARTS) is 1. The third-order valence-corrected chi connectivity index (χ3v) is 6.27. The van der Waals surface area contributed by atoms with Crippen LogP contribution in [0.15, 0.2) is 28.8 Å². The first kappa shape index (κ1) is 19.4. The maximum atomic E-state index is 14.2. The molecule has 0 saturated carbocycles. The molecule has 11 heteroatoms. The van der Waals surface area contributed by atoms with Crippen LogP contribution in [0.4, 0.5) is 4.39 Å². The van der Waals surface area contributed by atoms with Crippen LogP contribution in [0.1, 0.15) is 18.0 Å². The highest BCUT2D eigenvalue weighted by Crippen LogP contribution is 2.40. The quantitative estimate of drug-likeness (QED) is 0.529. The number of fused-ring (bicyclic) bond motifs is 1. The summed E-state index contributed by atoms with van der Waals surface area (Å²) in [6.45, 7) is 0.962. The number of nitrogens with one attached hydrogen (secondary N) is 1. The highest BCUT2D eigenvalue weighted by Gasteiger charge is 2.54. The van der Waals surface area contributed by atoms with E-state index in [1.54, 1.807) is 11.4 Å². The molecule has 8 nitrogen and oxygen atoms in total. The van der Waals surface area contributed by atoms with Gasteiger partial charge in [0.05, 0.1) is 0 Å². The van der Waals surface area contributed by atoms with Gasteiger partial charge < -0.3 is 15.2 Å². The lowest BCUT2D eigenvalue weighted by atomic mass is 10.0. The maximum absolute atomic E-state index is 14.2. The zero-order valence-corrected chi connectivity index (χ0v) is 15.6. The zero-order valence-electron chi connectivity index (χ0n) is 14.0. The van der Waals surface area contributed by atoms with Crippen LogP contribution in [0, 0.1) is 0 Å². The molecule has 3 unspecified atom stereocenters. The summed E-state index contributed by atoms with van der Waals surface area (Å²) < 4.78 is 19.0. The Bertz CT molecular complexity index is 825. The van der Waals surface area contributed by atoms with Gasteiger partial charge in [-0.15, -0.1) is 23.1 Å². The van der Waals surface area contributed by atoms with E-state index in [1.165, 1.54) is 24.8 Å². The summed E-state index contributed by atoms with van der Waals surface area (Å²) in [6.07, 6.45) is -1.89. The molecule has 1 aromatic rings. The number of aliphatic carboxylic acids is 1. The molecule has 1 saturated heterocycles. The summed E-state index contributed by atoms with van der Waals surface area (Å²) >= 11 is 2.30. The standard InChI is InChI=1S/C16H15FN2O6S2/c1-7(20)25-5-8-6-27-15-11(14(22)19(15)12(8)16(23)24)18-13(21)10(17)9-3-2-4-26-9/h2-4,10-11,15H,5-6H2,1H3,(H,18,21)(H,23,24). The summed E-state index contributed by atoms with van der Waals surface area (Å²) in [5.74, 6) is -3.27. The van der Waals surface area contributed by atoms with E-state index >= 15 is 0 Å². The first-order chi connectivity index (χ1) is 12.8. The van der Waals surface area contributed by atoms with E-state index in [0.29, 0.717) is 5.57 Å². The van der Waals surface area contributed by atoms with Crippen LogP contribution in [0.25, 0.3) is 0 Å². The Morgan fingerprint density at radius 3 is 2.81 bits per heavy atom. The molecule has 3 atom stereocenters. The maximum Gasteiger partial charge on any atom is 0.352 e. The summed E-state index contributed by atoms with van der Waals surface area (Å²) in [7, 11) is 0. The number of halogens is 1. The number of hydrogen-bond acceptors (Lipinski definition) is 7. The Morgan fingerprint density at radius 1 is 1.48 bits per heavy atom. The second kappa shape index (κ2) is 7.69. The van der Waals surface area contributed by atoms with E-state index in [4.69, 9.17) is 4.74 Å². The number of β-lactam (4-membered cyclic amide) rings is 1. The number of alkyl halides is 1. The van der Waals surface area contributed by atoms with E-state index in [2.05, 4.69) is 5.32 Å². The van der Waals surface area contributed by atoms with Gasteiger partial charge in [-0.25, -0.2) is 9.18 Å². The minimum atomic E-state index is -1.89. The number of thiophene rings is 1. The minimum Gasteiger partial charge on any atom is -0.477 e. The number of carbonyl (C=O) groups is 4. The van der Waals surface area contributed by atoms with Crippen LogP contribution >= 0.6 is 23.1 Å². The van der Waals surface area contributed by atoms with Crippen molar-refractivity contribution in [3.8, 4) is 0 Å². The molecule has 0 spiro atoms. The van der Waals surface area contributed by atoms with Gasteiger partial charge in [-0.1, -0.05) is 6.07 Å². The highest BCUT2D eigenvalue weighted by atomic mass is 32.2. The van der Waals surface area contributed by atoms with Crippen molar-refractivity contribution >= 4 is 46.9 Å². The van der Waals surface area contributed by atoms with Crippen molar-refractivity contribution in [2.75, 3.05) is 12.4 Å². The van der Waals surface area contributed by atoms with Crippen LogP contribution in [-0.4, -0.2) is 57.5 Å². The van der Waals surface area contributed by atoms with Gasteiger partial charge in [0.2, 0.25) is 6.17 Å². The number of amides is 2. The van der Waals surface area contributed by atoms with Crippen molar-refractivity contribution in [2.45, 2.75) is 24.5 Å². The Labute approximate surface area is 161 Å². The van der Waals surface area contributed by atoms with E-state index in [-0.39, 0.29) is 22.9 Å². The van der Waals surface area contributed by atoms with Gasteiger partial charge in [-0.3, -0.25) is 19.3 Å². The van der Waals surface area contributed by atoms with Crippen molar-refractivity contribution in [3.05, 3.63) is 33.7 Å². The summed E-state index contributed by atoms with van der Waals surface area (Å²) in [4.78, 5) is 48.3. The number of ether oxygens (including phenoxy) is 1. The molecule has 0 bridgehead atoms. The van der Waals surface area contributed by atoms with E-state index in [1.807, 2.05) is 0 Å². The topological polar surface area (TPSA) is 113 Å². The minimum absolute atomic E-state index is 0.208. The Kier molecular flexibility index (Phi) is 5.51. The number of carboxylic acids is 1. The number of esters is 1. The summed E-state index contributed by atoms with van der Waals surface area (Å²) in [5.41, 5.74) is 0.0320. The van der Waals surface area contributed by atoms with Crippen LogP contribution in [0.2, 0.25) is 0 Å². The van der Waals surface area contributed by atoms with Gasteiger partial charge in [0, 0.05) is 23.1 Å². The predicted octanol–water partition coefficient (Wildman–Crippen LogP) is 1.06. The first-order valence-corrected chi connectivity index (χ1v) is 9.75. The van der Waals surface area contributed by atoms with Crippen molar-refractivity contribution in [3.63, 3.8) is 0 Å². The monoisotopic (exact) mass is 414 g/mol. The molecule has 144 valence electrons. The van der Waals surface area contributed by atoms with Crippen molar-refractivity contribution in [1.82, 2.24) is 10.2 Å². The number of carbonyl (C=O) groups excluding carboxylic acids is 3. The van der Waals surface area contributed by atoms with Gasteiger partial charge in [0.25, 0.3) is 11.8 Å². The fourth-order valence-corrected chi connectivity index (χ4v) is 4.80. The van der Waals surface area contributed by atoms with Crippen LogP contribution in [0.5, 0.6) is 0 Å². The molecule has 1 aromatic heterocycles. The SMILES string of the molecule is CC(=O)OCC1=C(C(=O)O)N2C(=O)C(NC(=O)C(F)c3cccs3)C2SC1. The largest absolute Gasteiger partial charge is 0.477 e. The molecule has 27 heavy (non-hydrogen) atoms.